The molecule has 0 saturated carbocycles. The van der Waals surface area contributed by atoms with Gasteiger partial charge in [0.25, 0.3) is 5.69 Å². The number of carbonyl (C=O) groups excluding carboxylic acids is 2. The number of ether oxygens (including phenoxy) is 2. The molecule has 184 valence electrons. The quantitative estimate of drug-likeness (QED) is 0.265. The fourth-order valence-corrected chi connectivity index (χ4v) is 3.16. The number of urea groups is 1. The third-order valence-corrected chi connectivity index (χ3v) is 4.68. The van der Waals surface area contributed by atoms with Crippen molar-refractivity contribution < 1.29 is 24.0 Å². The van der Waals surface area contributed by atoms with Gasteiger partial charge in [-0.05, 0) is 45.3 Å². The highest BCUT2D eigenvalue weighted by Crippen LogP contribution is 2.26. The average Bonchev–Trinajstić information content (AvgIpc) is 3.16. The number of carbonyl (C=O) groups is 2. The van der Waals surface area contributed by atoms with E-state index in [2.05, 4.69) is 20.7 Å². The third kappa shape index (κ3) is 6.09. The lowest BCUT2D eigenvalue weighted by atomic mass is 10.2. The van der Waals surface area contributed by atoms with Gasteiger partial charge in [0.15, 0.2) is 5.82 Å². The van der Waals surface area contributed by atoms with E-state index < -0.39 is 16.9 Å². The molecule has 2 heterocycles. The van der Waals surface area contributed by atoms with Crippen LogP contribution in [0.1, 0.15) is 23.0 Å². The largest absolute Gasteiger partial charge is 0.495 e. The third-order valence-electron chi connectivity index (χ3n) is 4.68. The normalized spacial score (nSPS) is 10.7. The van der Waals surface area contributed by atoms with Crippen LogP contribution in [0.2, 0.25) is 0 Å². The summed E-state index contributed by atoms with van der Waals surface area (Å²) in [4.78, 5) is 42.0. The number of anilines is 2. The molecular formula is C22H25N7O6. The first kappa shape index (κ1) is 25.1. The molecule has 0 saturated heterocycles. The maximum absolute atomic E-state index is 12.9. The van der Waals surface area contributed by atoms with Crippen LogP contribution in [0.3, 0.4) is 0 Å². The number of hydrogen-bond acceptors (Lipinski definition) is 9. The van der Waals surface area contributed by atoms with E-state index in [1.54, 1.807) is 33.2 Å². The molecule has 0 aliphatic carbocycles. The zero-order valence-corrected chi connectivity index (χ0v) is 19.6. The molecule has 3 rings (SSSR count). The minimum atomic E-state index is -0.682. The number of nitrogens with one attached hydrogen (secondary N) is 2. The van der Waals surface area contributed by atoms with Crippen LogP contribution in [-0.4, -0.2) is 64.4 Å². The number of rotatable bonds is 9. The van der Waals surface area contributed by atoms with Gasteiger partial charge in [0.2, 0.25) is 0 Å². The molecule has 0 fully saturated rings. The Morgan fingerprint density at radius 1 is 1.14 bits per heavy atom. The van der Waals surface area contributed by atoms with E-state index >= 15 is 0 Å². The number of amides is 2. The van der Waals surface area contributed by atoms with Crippen LogP contribution in [0.25, 0.3) is 5.69 Å². The van der Waals surface area contributed by atoms with Crippen molar-refractivity contribution in [2.45, 2.75) is 13.5 Å². The van der Waals surface area contributed by atoms with Crippen molar-refractivity contribution in [2.24, 2.45) is 0 Å². The summed E-state index contributed by atoms with van der Waals surface area (Å²) < 4.78 is 11.7. The second-order valence-corrected chi connectivity index (χ2v) is 7.48. The molecule has 0 bridgehead atoms. The minimum Gasteiger partial charge on any atom is -0.495 e. The predicted octanol–water partition coefficient (Wildman–Crippen LogP) is 3.07. The number of hydrogen-bond donors (Lipinski definition) is 2. The molecule has 0 atom stereocenters. The molecular weight excluding hydrogens is 458 g/mol. The molecule has 0 aliphatic rings. The highest BCUT2D eigenvalue weighted by Gasteiger charge is 2.27. The van der Waals surface area contributed by atoms with Crippen LogP contribution >= 0.6 is 0 Å². The summed E-state index contributed by atoms with van der Waals surface area (Å²) >= 11 is 0. The van der Waals surface area contributed by atoms with Crippen LogP contribution in [0.5, 0.6) is 5.75 Å². The fraction of sp³-hybridized carbons (Fsp3) is 0.273. The molecule has 2 aromatic heterocycles. The Bertz CT molecular complexity index is 1210. The average molecular weight is 483 g/mol. The van der Waals surface area contributed by atoms with Gasteiger partial charge < -0.3 is 14.4 Å². The van der Waals surface area contributed by atoms with Crippen molar-refractivity contribution in [3.63, 3.8) is 0 Å². The monoisotopic (exact) mass is 483 g/mol. The van der Waals surface area contributed by atoms with Crippen LogP contribution in [-0.2, 0) is 11.3 Å². The van der Waals surface area contributed by atoms with Gasteiger partial charge in [0.05, 0.1) is 36.2 Å². The number of aromatic nitrogens is 3. The molecule has 0 spiro atoms. The lowest BCUT2D eigenvalue weighted by molar-refractivity contribution is -0.384. The Hall–Kier alpha value is -4.52. The lowest BCUT2D eigenvalue weighted by Gasteiger charge is -2.14. The minimum absolute atomic E-state index is 0.0373. The van der Waals surface area contributed by atoms with Gasteiger partial charge in [-0.2, -0.15) is 0 Å². The van der Waals surface area contributed by atoms with Crippen LogP contribution in [0.4, 0.5) is 22.1 Å². The number of nitro groups is 1. The second kappa shape index (κ2) is 11.1. The van der Waals surface area contributed by atoms with E-state index in [4.69, 9.17) is 9.47 Å². The Labute approximate surface area is 200 Å². The van der Waals surface area contributed by atoms with Crippen molar-refractivity contribution in [1.29, 1.82) is 0 Å². The first-order valence-corrected chi connectivity index (χ1v) is 10.5. The van der Waals surface area contributed by atoms with Gasteiger partial charge in [-0.25, -0.2) is 19.3 Å². The number of nitro benzene ring substituents is 1. The smallest absolute Gasteiger partial charge is 0.343 e. The molecule has 0 radical (unpaired) electrons. The first-order valence-electron chi connectivity index (χ1n) is 10.5. The highest BCUT2D eigenvalue weighted by atomic mass is 16.6. The number of methoxy groups -OCH3 is 1. The number of esters is 1. The van der Waals surface area contributed by atoms with Gasteiger partial charge in [0, 0.05) is 18.7 Å². The summed E-state index contributed by atoms with van der Waals surface area (Å²) in [5, 5.41) is 20.6. The SMILES string of the molecule is CCOC(=O)c1c(NC(=O)Nc2ccc(OC)cn2)nn(-c2ccc([N+](=O)[O-])cc2)c1CN(C)C. The van der Waals surface area contributed by atoms with Crippen molar-refractivity contribution in [1.82, 2.24) is 19.7 Å². The standard InChI is InChI=1S/C22H25N7O6/c1-5-35-21(30)19-17(13-27(2)3)28(14-6-8-15(9-7-14)29(32)33)26-20(19)25-22(31)24-18-11-10-16(34-4)12-23-18/h6-12H,5,13H2,1-4H3,(H2,23,24,25,26,31). The van der Waals surface area contributed by atoms with E-state index in [0.717, 1.165) is 0 Å². The molecule has 35 heavy (non-hydrogen) atoms. The summed E-state index contributed by atoms with van der Waals surface area (Å²) in [5.74, 6) is 0.0695. The summed E-state index contributed by atoms with van der Waals surface area (Å²) in [6, 6.07) is 8.17. The first-order chi connectivity index (χ1) is 16.7. The highest BCUT2D eigenvalue weighted by molar-refractivity contribution is 6.04. The Morgan fingerprint density at radius 2 is 1.86 bits per heavy atom. The number of nitrogens with zero attached hydrogens (tertiary/aromatic N) is 5. The molecule has 13 heteroatoms. The fourth-order valence-electron chi connectivity index (χ4n) is 3.16. The van der Waals surface area contributed by atoms with Gasteiger partial charge in [-0.3, -0.25) is 20.7 Å². The van der Waals surface area contributed by atoms with Gasteiger partial charge >= 0.3 is 12.0 Å². The molecule has 0 aliphatic heterocycles. The van der Waals surface area contributed by atoms with E-state index in [-0.39, 0.29) is 36.0 Å². The zero-order valence-electron chi connectivity index (χ0n) is 19.6. The molecule has 2 N–H and O–H groups in total. The lowest BCUT2D eigenvalue weighted by Crippen LogP contribution is -2.22. The van der Waals surface area contributed by atoms with E-state index in [1.807, 2.05) is 4.90 Å². The summed E-state index contributed by atoms with van der Waals surface area (Å²) in [7, 11) is 5.11. The van der Waals surface area contributed by atoms with E-state index in [0.29, 0.717) is 17.1 Å². The topological polar surface area (TPSA) is 154 Å². The van der Waals surface area contributed by atoms with Gasteiger partial charge in [-0.15, -0.1) is 5.10 Å². The molecule has 3 aromatic rings. The maximum atomic E-state index is 12.9. The maximum Gasteiger partial charge on any atom is 0.343 e. The Balaban J connectivity index is 2.01. The predicted molar refractivity (Wildman–Crippen MR) is 127 cm³/mol. The number of non-ortho nitro benzene ring substituents is 1. The van der Waals surface area contributed by atoms with Crippen LogP contribution < -0.4 is 15.4 Å². The van der Waals surface area contributed by atoms with Gasteiger partial charge in [0.1, 0.15) is 17.1 Å². The Kier molecular flexibility index (Phi) is 7.94. The molecule has 2 amide bonds. The van der Waals surface area contributed by atoms with E-state index in [9.17, 15) is 19.7 Å². The summed E-state index contributed by atoms with van der Waals surface area (Å²) in [5.41, 5.74) is 0.866. The summed E-state index contributed by atoms with van der Waals surface area (Å²) in [6.07, 6.45) is 1.44. The molecule has 0 unspecified atom stereocenters. The van der Waals surface area contributed by atoms with Crippen LogP contribution in [0, 0.1) is 10.1 Å². The van der Waals surface area contributed by atoms with Gasteiger partial charge in [-0.1, -0.05) is 0 Å². The van der Waals surface area contributed by atoms with E-state index in [1.165, 1.54) is 42.3 Å². The number of benzene rings is 1. The summed E-state index contributed by atoms with van der Waals surface area (Å²) in [6.45, 7) is 2.05. The Morgan fingerprint density at radius 3 is 2.40 bits per heavy atom. The molecule has 1 aromatic carbocycles. The molecule has 13 nitrogen and oxygen atoms in total. The van der Waals surface area contributed by atoms with Crippen molar-refractivity contribution in [3.05, 3.63) is 64.0 Å². The van der Waals surface area contributed by atoms with Crippen molar-refractivity contribution >= 4 is 29.3 Å². The zero-order chi connectivity index (χ0) is 25.5. The van der Waals surface area contributed by atoms with Crippen molar-refractivity contribution in [3.8, 4) is 11.4 Å². The van der Waals surface area contributed by atoms with Crippen molar-refractivity contribution in [2.75, 3.05) is 38.4 Å². The number of pyridine rings is 1. The van der Waals surface area contributed by atoms with Crippen LogP contribution in [0.15, 0.2) is 42.6 Å². The second-order valence-electron chi connectivity index (χ2n) is 7.48.